The maximum absolute atomic E-state index is 12.4. The topological polar surface area (TPSA) is 92.9 Å². The number of likely N-dealkylation sites (tertiary alicyclic amines) is 1. The molecule has 7 nitrogen and oxygen atoms in total. The predicted octanol–water partition coefficient (Wildman–Crippen LogP) is 3.40. The lowest BCUT2D eigenvalue weighted by molar-refractivity contribution is -0.192. The molecule has 1 atom stereocenters. The molecular weight excluding hydrogens is 425 g/mol. The van der Waals surface area contributed by atoms with Crippen molar-refractivity contribution >= 4 is 23.6 Å². The Morgan fingerprint density at radius 1 is 1.33 bits per heavy atom. The van der Waals surface area contributed by atoms with Crippen molar-refractivity contribution in [1.29, 1.82) is 0 Å². The van der Waals surface area contributed by atoms with E-state index in [2.05, 4.69) is 4.98 Å². The van der Waals surface area contributed by atoms with Crippen molar-refractivity contribution in [3.63, 3.8) is 0 Å². The minimum absolute atomic E-state index is 0.00665. The van der Waals surface area contributed by atoms with E-state index < -0.39 is 12.1 Å². The van der Waals surface area contributed by atoms with E-state index in [9.17, 15) is 18.0 Å². The molecule has 162 valence electrons. The summed E-state index contributed by atoms with van der Waals surface area (Å²) in [6.45, 7) is 3.42. The number of alkyl halides is 3. The van der Waals surface area contributed by atoms with Gasteiger partial charge in [-0.2, -0.15) is 13.2 Å². The lowest BCUT2D eigenvalue weighted by atomic mass is 9.92. The Hall–Kier alpha value is -2.69. The number of hydrogen-bond acceptors (Lipinski definition) is 6. The molecule has 30 heavy (non-hydrogen) atoms. The Bertz CT molecular complexity index is 897. The second-order valence-corrected chi connectivity index (χ2v) is 8.49. The molecule has 1 N–H and O–H groups in total. The summed E-state index contributed by atoms with van der Waals surface area (Å²) in [6, 6.07) is 7.51. The summed E-state index contributed by atoms with van der Waals surface area (Å²) >= 11 is 1.90. The van der Waals surface area contributed by atoms with Crippen LogP contribution in [0, 0.1) is 6.92 Å². The minimum atomic E-state index is -5.08. The molecule has 2 fully saturated rings. The molecule has 1 amide bonds. The number of carboxylic acids is 1. The average molecular weight is 444 g/mol. The first-order chi connectivity index (χ1) is 14.1. The van der Waals surface area contributed by atoms with Gasteiger partial charge in [0.1, 0.15) is 6.10 Å². The molecule has 2 aromatic heterocycles. The average Bonchev–Trinajstić information content (AvgIpc) is 3.27. The fourth-order valence-electron chi connectivity index (χ4n) is 3.21. The van der Waals surface area contributed by atoms with Gasteiger partial charge in [0, 0.05) is 43.1 Å². The van der Waals surface area contributed by atoms with Crippen molar-refractivity contribution in [2.75, 3.05) is 18.8 Å². The maximum Gasteiger partial charge on any atom is 0.490 e. The first-order valence-corrected chi connectivity index (χ1v) is 9.93. The molecule has 1 unspecified atom stereocenters. The van der Waals surface area contributed by atoms with E-state index in [4.69, 9.17) is 19.1 Å². The van der Waals surface area contributed by atoms with E-state index in [0.29, 0.717) is 11.6 Å². The normalized spacial score (nSPS) is 19.6. The number of nitrogens with zero attached hydrogens (tertiary/aromatic N) is 2. The highest BCUT2D eigenvalue weighted by Gasteiger charge is 2.52. The molecule has 2 aliphatic heterocycles. The summed E-state index contributed by atoms with van der Waals surface area (Å²) in [4.78, 5) is 27.4. The van der Waals surface area contributed by atoms with E-state index >= 15 is 0 Å². The number of aryl methyl sites for hydroxylation is 1. The van der Waals surface area contributed by atoms with Crippen LogP contribution in [0.2, 0.25) is 0 Å². The minimum Gasteiger partial charge on any atom is -0.475 e. The number of amides is 1. The molecule has 1 spiro atoms. The number of halogens is 3. The summed E-state index contributed by atoms with van der Waals surface area (Å²) in [5, 5.41) is 7.12. The van der Waals surface area contributed by atoms with Crippen LogP contribution < -0.4 is 4.74 Å². The molecule has 0 saturated carbocycles. The number of ether oxygens (including phenoxy) is 1. The Labute approximate surface area is 174 Å². The lowest BCUT2D eigenvalue weighted by Gasteiger charge is -2.47. The molecule has 0 radical (unpaired) electrons. The van der Waals surface area contributed by atoms with E-state index in [1.54, 1.807) is 12.5 Å². The van der Waals surface area contributed by atoms with Crippen molar-refractivity contribution in [1.82, 2.24) is 9.88 Å². The van der Waals surface area contributed by atoms with Crippen molar-refractivity contribution in [2.24, 2.45) is 0 Å². The Kier molecular flexibility index (Phi) is 6.30. The quantitative estimate of drug-likeness (QED) is 0.776. The SMILES string of the molecule is Cc1ccoc1C(=O)N1CC2(CC(Oc3ccccn3)CS2)C1.O=C(O)C(F)(F)F. The van der Waals surface area contributed by atoms with Gasteiger partial charge in [-0.3, -0.25) is 4.79 Å². The molecule has 4 rings (SSSR count). The van der Waals surface area contributed by atoms with Gasteiger partial charge < -0.3 is 19.2 Å². The fourth-order valence-corrected chi connectivity index (χ4v) is 4.74. The monoisotopic (exact) mass is 444 g/mol. The van der Waals surface area contributed by atoms with E-state index in [-0.39, 0.29) is 16.8 Å². The molecule has 2 saturated heterocycles. The number of carboxylic acid groups (broad SMARTS) is 1. The highest BCUT2D eigenvalue weighted by Crippen LogP contribution is 2.46. The molecule has 11 heteroatoms. The van der Waals surface area contributed by atoms with Crippen LogP contribution in [0.15, 0.2) is 41.1 Å². The zero-order valence-electron chi connectivity index (χ0n) is 15.9. The summed E-state index contributed by atoms with van der Waals surface area (Å²) < 4.78 is 43.1. The smallest absolute Gasteiger partial charge is 0.475 e. The highest BCUT2D eigenvalue weighted by molar-refractivity contribution is 8.01. The predicted molar refractivity (Wildman–Crippen MR) is 101 cm³/mol. The number of furan rings is 1. The number of hydrogen-bond donors (Lipinski definition) is 1. The third kappa shape index (κ3) is 5.07. The van der Waals surface area contributed by atoms with Crippen LogP contribution in [0.5, 0.6) is 5.88 Å². The van der Waals surface area contributed by atoms with Crippen molar-refractivity contribution < 1.29 is 37.0 Å². The molecule has 2 aromatic rings. The van der Waals surface area contributed by atoms with Crippen LogP contribution in [0.3, 0.4) is 0 Å². The van der Waals surface area contributed by atoms with Gasteiger partial charge in [-0.25, -0.2) is 9.78 Å². The second-order valence-electron chi connectivity index (χ2n) is 7.00. The van der Waals surface area contributed by atoms with Crippen LogP contribution in [0.25, 0.3) is 0 Å². The summed E-state index contributed by atoms with van der Waals surface area (Å²) in [7, 11) is 0. The van der Waals surface area contributed by atoms with Crippen LogP contribution in [-0.2, 0) is 4.79 Å². The van der Waals surface area contributed by atoms with Gasteiger partial charge in [0.2, 0.25) is 5.88 Å². The first-order valence-electron chi connectivity index (χ1n) is 8.95. The fraction of sp³-hybridized carbons (Fsp3) is 0.421. The van der Waals surface area contributed by atoms with Gasteiger partial charge in [-0.15, -0.1) is 11.8 Å². The zero-order valence-corrected chi connectivity index (χ0v) is 16.7. The van der Waals surface area contributed by atoms with Crippen LogP contribution in [0.4, 0.5) is 13.2 Å². The third-order valence-corrected chi connectivity index (χ3v) is 6.22. The van der Waals surface area contributed by atoms with Gasteiger partial charge >= 0.3 is 12.1 Å². The molecular formula is C19H19F3N2O5S. The zero-order chi connectivity index (χ0) is 21.9. The summed E-state index contributed by atoms with van der Waals surface area (Å²) in [5.41, 5.74) is 0.895. The summed E-state index contributed by atoms with van der Waals surface area (Å²) in [6.07, 6.45) is -0.658. The van der Waals surface area contributed by atoms with Crippen molar-refractivity contribution in [3.8, 4) is 5.88 Å². The molecule has 4 heterocycles. The van der Waals surface area contributed by atoms with Crippen LogP contribution in [0.1, 0.15) is 22.5 Å². The number of carbonyl (C=O) groups is 2. The van der Waals surface area contributed by atoms with Gasteiger partial charge in [0.25, 0.3) is 5.91 Å². The Morgan fingerprint density at radius 3 is 2.57 bits per heavy atom. The van der Waals surface area contributed by atoms with Gasteiger partial charge in [0.15, 0.2) is 5.76 Å². The second kappa shape index (κ2) is 8.58. The summed E-state index contributed by atoms with van der Waals surface area (Å²) in [5.74, 6) is -0.684. The van der Waals surface area contributed by atoms with Gasteiger partial charge in [-0.05, 0) is 19.1 Å². The number of aromatic nitrogens is 1. The van der Waals surface area contributed by atoms with Crippen molar-refractivity contribution in [3.05, 3.63) is 48.0 Å². The molecule has 2 aliphatic rings. The first kappa shape index (κ1) is 22.0. The number of aliphatic carboxylic acids is 1. The molecule has 0 aromatic carbocycles. The molecule has 0 bridgehead atoms. The number of thioether (sulfide) groups is 1. The van der Waals surface area contributed by atoms with E-state index in [1.807, 2.05) is 47.9 Å². The maximum atomic E-state index is 12.4. The van der Waals surface area contributed by atoms with Gasteiger partial charge in [0.05, 0.1) is 11.0 Å². The van der Waals surface area contributed by atoms with Gasteiger partial charge in [-0.1, -0.05) is 6.07 Å². The standard InChI is InChI=1S/C17H18N2O3S.C2HF3O2/c1-12-5-7-21-15(12)16(20)19-10-17(11-19)8-13(9-23-17)22-14-4-2-3-6-18-14;3-2(4,5)1(6)7/h2-7,13H,8-11H2,1H3;(H,6,7). The largest absolute Gasteiger partial charge is 0.490 e. The number of rotatable bonds is 3. The van der Waals surface area contributed by atoms with E-state index in [1.165, 1.54) is 0 Å². The van der Waals surface area contributed by atoms with Crippen LogP contribution >= 0.6 is 11.8 Å². The van der Waals surface area contributed by atoms with Crippen LogP contribution in [-0.4, -0.2) is 62.7 Å². The molecule has 0 aliphatic carbocycles. The lowest BCUT2D eigenvalue weighted by Crippen LogP contribution is -2.60. The Morgan fingerprint density at radius 2 is 2.03 bits per heavy atom. The number of carbonyl (C=O) groups excluding carboxylic acids is 1. The van der Waals surface area contributed by atoms with E-state index in [0.717, 1.165) is 30.8 Å². The highest BCUT2D eigenvalue weighted by atomic mass is 32.2. The Balaban J connectivity index is 0.000000318. The third-order valence-electron chi connectivity index (χ3n) is 4.64. The number of pyridine rings is 1. The van der Waals surface area contributed by atoms with Crippen molar-refractivity contribution in [2.45, 2.75) is 30.4 Å².